The summed E-state index contributed by atoms with van der Waals surface area (Å²) in [7, 11) is 0. The van der Waals surface area contributed by atoms with E-state index in [-0.39, 0.29) is 11.8 Å². The van der Waals surface area contributed by atoms with Crippen molar-refractivity contribution in [3.63, 3.8) is 0 Å². The second-order valence-corrected chi connectivity index (χ2v) is 11.4. The van der Waals surface area contributed by atoms with Crippen LogP contribution in [-0.4, -0.2) is 51.5 Å². The number of aromatic nitrogens is 2. The third-order valence-electron chi connectivity index (χ3n) is 8.43. The maximum absolute atomic E-state index is 11.5. The van der Waals surface area contributed by atoms with E-state index in [0.29, 0.717) is 31.3 Å². The average molecular weight is 547 g/mol. The van der Waals surface area contributed by atoms with Gasteiger partial charge in [-0.15, -0.1) is 0 Å². The number of aliphatic imine (C=N–C) groups is 1. The fraction of sp³-hybridized carbons (Fsp3) is 0.333. The molecule has 0 spiro atoms. The van der Waals surface area contributed by atoms with E-state index in [4.69, 9.17) is 4.99 Å². The van der Waals surface area contributed by atoms with Crippen molar-refractivity contribution in [1.29, 1.82) is 5.26 Å². The van der Waals surface area contributed by atoms with Gasteiger partial charge >= 0.3 is 5.97 Å². The number of likely N-dealkylation sites (tertiary alicyclic amines) is 1. The van der Waals surface area contributed by atoms with E-state index in [0.717, 1.165) is 52.8 Å². The van der Waals surface area contributed by atoms with Gasteiger partial charge in [-0.05, 0) is 97.7 Å². The molecule has 41 heavy (non-hydrogen) atoms. The van der Waals surface area contributed by atoms with Gasteiger partial charge in [0.25, 0.3) is 0 Å². The highest BCUT2D eigenvalue weighted by Gasteiger charge is 2.44. The van der Waals surface area contributed by atoms with Gasteiger partial charge in [0.15, 0.2) is 6.19 Å². The van der Waals surface area contributed by atoms with Crippen LogP contribution in [0.3, 0.4) is 0 Å². The minimum Gasteiger partial charge on any atom is -0.481 e. The van der Waals surface area contributed by atoms with Crippen LogP contribution in [0.1, 0.15) is 52.5 Å². The van der Waals surface area contributed by atoms with Crippen LogP contribution in [0.2, 0.25) is 0 Å². The van der Waals surface area contributed by atoms with E-state index in [9.17, 15) is 15.2 Å². The number of pyridine rings is 1. The molecule has 2 aromatic carbocycles. The second-order valence-electron chi connectivity index (χ2n) is 11.4. The Kier molecular flexibility index (Phi) is 7.19. The standard InChI is InChI=1S/C33H34N6O2/c1-20-13-21(2)15-25(14-20)31-26(28-16-23(3-4-30(28)38-31)27-17-29(27)32(40)41)7-11-36-33(37-19-34)39-12-8-24(18-39)22-5-9-35-10-6-22/h3-6,9-10,13-16,24,27,29,38H,7-8,11-12,17-18H2,1-2H3,(H,36,37)(H,40,41). The molecule has 3 atom stereocenters. The van der Waals surface area contributed by atoms with Crippen LogP contribution in [-0.2, 0) is 11.2 Å². The molecular formula is C33H34N6O2. The van der Waals surface area contributed by atoms with Crippen molar-refractivity contribution in [2.45, 2.75) is 44.9 Å². The molecule has 8 nitrogen and oxygen atoms in total. The third kappa shape index (κ3) is 5.53. The molecule has 2 fully saturated rings. The second kappa shape index (κ2) is 11.1. The Morgan fingerprint density at radius 1 is 1.15 bits per heavy atom. The number of H-pyrrole nitrogens is 1. The molecule has 0 radical (unpaired) electrons. The number of nitriles is 1. The summed E-state index contributed by atoms with van der Waals surface area (Å²) in [6.07, 6.45) is 8.09. The molecule has 1 saturated carbocycles. The van der Waals surface area contributed by atoms with Gasteiger partial charge in [0.1, 0.15) is 0 Å². The minimum atomic E-state index is -0.722. The van der Waals surface area contributed by atoms with Gasteiger partial charge in [-0.2, -0.15) is 5.26 Å². The van der Waals surface area contributed by atoms with Crippen molar-refractivity contribution < 1.29 is 9.90 Å². The fourth-order valence-electron chi connectivity index (χ4n) is 6.36. The summed E-state index contributed by atoms with van der Waals surface area (Å²) < 4.78 is 0. The first-order valence-electron chi connectivity index (χ1n) is 14.2. The largest absolute Gasteiger partial charge is 0.481 e. The number of hydrogen-bond acceptors (Lipinski definition) is 4. The molecule has 8 heteroatoms. The van der Waals surface area contributed by atoms with Gasteiger partial charge < -0.3 is 15.0 Å². The van der Waals surface area contributed by atoms with Crippen LogP contribution in [0.4, 0.5) is 0 Å². The average Bonchev–Trinajstić information content (AvgIpc) is 3.48. The van der Waals surface area contributed by atoms with Crippen LogP contribution < -0.4 is 5.32 Å². The Morgan fingerprint density at radius 2 is 1.93 bits per heavy atom. The van der Waals surface area contributed by atoms with Crippen LogP contribution in [0, 0.1) is 31.2 Å². The van der Waals surface area contributed by atoms with Crippen molar-refractivity contribution in [1.82, 2.24) is 20.2 Å². The fourth-order valence-corrected chi connectivity index (χ4v) is 6.36. The predicted molar refractivity (Wildman–Crippen MR) is 160 cm³/mol. The third-order valence-corrected chi connectivity index (χ3v) is 8.43. The molecule has 1 aliphatic carbocycles. The quantitative estimate of drug-likeness (QED) is 0.122. The van der Waals surface area contributed by atoms with Gasteiger partial charge in [-0.25, -0.2) is 0 Å². The summed E-state index contributed by atoms with van der Waals surface area (Å²) in [6, 6.07) is 17.0. The molecule has 3 unspecified atom stereocenters. The van der Waals surface area contributed by atoms with E-state index < -0.39 is 5.97 Å². The molecule has 0 bridgehead atoms. The number of hydrogen-bond donors (Lipinski definition) is 3. The van der Waals surface area contributed by atoms with E-state index in [1.165, 1.54) is 16.7 Å². The number of carboxylic acid groups (broad SMARTS) is 1. The van der Waals surface area contributed by atoms with E-state index >= 15 is 0 Å². The van der Waals surface area contributed by atoms with Crippen molar-refractivity contribution in [3.8, 4) is 17.5 Å². The molecule has 1 aliphatic heterocycles. The van der Waals surface area contributed by atoms with Gasteiger partial charge in [0, 0.05) is 54.5 Å². The molecule has 6 rings (SSSR count). The maximum atomic E-state index is 11.5. The summed E-state index contributed by atoms with van der Waals surface area (Å²) in [6.45, 7) is 6.35. The minimum absolute atomic E-state index is 0.0669. The number of nitrogens with one attached hydrogen (secondary N) is 2. The lowest BCUT2D eigenvalue weighted by atomic mass is 9.98. The number of rotatable bonds is 7. The normalized spacial score (nSPS) is 20.3. The van der Waals surface area contributed by atoms with E-state index in [1.807, 2.05) is 12.4 Å². The van der Waals surface area contributed by atoms with Crippen molar-refractivity contribution in [2.24, 2.45) is 10.9 Å². The number of fused-ring (bicyclic) bond motifs is 1. The number of carboxylic acids is 1. The molecular weight excluding hydrogens is 512 g/mol. The maximum Gasteiger partial charge on any atom is 0.307 e. The van der Waals surface area contributed by atoms with Crippen molar-refractivity contribution in [2.75, 3.05) is 19.6 Å². The van der Waals surface area contributed by atoms with Gasteiger partial charge in [-0.3, -0.25) is 20.1 Å². The Labute approximate surface area is 239 Å². The van der Waals surface area contributed by atoms with Gasteiger partial charge in [0.2, 0.25) is 5.96 Å². The lowest BCUT2D eigenvalue weighted by Gasteiger charge is -2.19. The number of nitrogens with zero attached hydrogens (tertiary/aromatic N) is 4. The zero-order valence-corrected chi connectivity index (χ0v) is 23.4. The molecule has 3 N–H and O–H groups in total. The molecule has 2 aliphatic rings. The molecule has 4 aromatic rings. The zero-order valence-electron chi connectivity index (χ0n) is 23.4. The van der Waals surface area contributed by atoms with E-state index in [1.54, 1.807) is 0 Å². The highest BCUT2D eigenvalue weighted by atomic mass is 16.4. The van der Waals surface area contributed by atoms with Crippen molar-refractivity contribution >= 4 is 22.8 Å². The number of aliphatic carboxylic acids is 1. The topological polar surface area (TPSA) is 117 Å². The molecule has 1 saturated heterocycles. The summed E-state index contributed by atoms with van der Waals surface area (Å²) >= 11 is 0. The monoisotopic (exact) mass is 546 g/mol. The highest BCUT2D eigenvalue weighted by molar-refractivity contribution is 5.92. The van der Waals surface area contributed by atoms with Gasteiger partial charge in [0.05, 0.1) is 5.92 Å². The smallest absolute Gasteiger partial charge is 0.307 e. The molecule has 0 amide bonds. The van der Waals surface area contributed by atoms with Gasteiger partial charge in [-0.1, -0.05) is 23.3 Å². The molecule has 208 valence electrons. The zero-order chi connectivity index (χ0) is 28.5. The number of benzene rings is 2. The Balaban J connectivity index is 1.30. The number of carbonyl (C=O) groups is 1. The summed E-state index contributed by atoms with van der Waals surface area (Å²) in [5.41, 5.74) is 9.12. The lowest BCUT2D eigenvalue weighted by Crippen LogP contribution is -2.38. The number of aromatic amines is 1. The number of guanidine groups is 1. The first-order valence-corrected chi connectivity index (χ1v) is 14.2. The summed E-state index contributed by atoms with van der Waals surface area (Å²) in [5, 5.41) is 22.9. The first-order chi connectivity index (χ1) is 19.9. The summed E-state index contributed by atoms with van der Waals surface area (Å²) in [4.78, 5) is 26.4. The summed E-state index contributed by atoms with van der Waals surface area (Å²) in [5.74, 6) is 0.0377. The predicted octanol–water partition coefficient (Wildman–Crippen LogP) is 5.49. The Morgan fingerprint density at radius 3 is 2.63 bits per heavy atom. The highest BCUT2D eigenvalue weighted by Crippen LogP contribution is 2.48. The Bertz CT molecular complexity index is 1650. The number of aryl methyl sites for hydroxylation is 2. The van der Waals surface area contributed by atoms with Crippen LogP contribution in [0.25, 0.3) is 22.2 Å². The first kappa shape index (κ1) is 26.6. The SMILES string of the molecule is Cc1cc(C)cc(-c2[nH]c3ccc(C4CC4C(=O)O)cc3c2CCN=C(NC#N)N2CCC(c3ccncc3)C2)c1. The van der Waals surface area contributed by atoms with E-state index in [2.05, 4.69) is 88.8 Å². The van der Waals surface area contributed by atoms with Crippen molar-refractivity contribution in [3.05, 3.63) is 88.7 Å². The lowest BCUT2D eigenvalue weighted by molar-refractivity contribution is -0.138. The Hall–Kier alpha value is -4.64. The molecule has 3 heterocycles. The van der Waals surface area contributed by atoms with Crippen LogP contribution in [0.15, 0.2) is 65.9 Å². The molecule has 2 aromatic heterocycles. The van der Waals surface area contributed by atoms with Crippen LogP contribution in [0.5, 0.6) is 0 Å². The van der Waals surface area contributed by atoms with Crippen LogP contribution >= 0.6 is 0 Å².